The standard InChI is InChI=1S/C13H16Cl2N2O/c1-16-4-6-17(7-5-16)9-10-2-3-11(13(15)18)12(14)8-10/h2-3,8H,4-7,9H2,1H3. The first-order valence-electron chi connectivity index (χ1n) is 5.95. The van der Waals surface area contributed by atoms with Gasteiger partial charge in [-0.2, -0.15) is 0 Å². The normalized spacial score (nSPS) is 17.9. The summed E-state index contributed by atoms with van der Waals surface area (Å²) in [5.41, 5.74) is 1.49. The summed E-state index contributed by atoms with van der Waals surface area (Å²) in [5.74, 6) is 0. The van der Waals surface area contributed by atoms with Gasteiger partial charge in [-0.1, -0.05) is 17.7 Å². The Hall–Kier alpha value is -0.610. The summed E-state index contributed by atoms with van der Waals surface area (Å²) in [6.07, 6.45) is 0. The van der Waals surface area contributed by atoms with E-state index in [4.69, 9.17) is 23.2 Å². The molecule has 18 heavy (non-hydrogen) atoms. The van der Waals surface area contributed by atoms with E-state index in [2.05, 4.69) is 16.8 Å². The van der Waals surface area contributed by atoms with Gasteiger partial charge in [-0.3, -0.25) is 9.69 Å². The molecule has 0 bridgehead atoms. The Morgan fingerprint density at radius 1 is 1.28 bits per heavy atom. The molecule has 0 saturated carbocycles. The van der Waals surface area contributed by atoms with Crippen LogP contribution in [-0.4, -0.2) is 48.3 Å². The van der Waals surface area contributed by atoms with Crippen LogP contribution < -0.4 is 0 Å². The Kier molecular flexibility index (Phi) is 4.62. The molecule has 3 nitrogen and oxygen atoms in total. The minimum absolute atomic E-state index is 0.375. The van der Waals surface area contributed by atoms with Crippen molar-refractivity contribution in [2.75, 3.05) is 33.2 Å². The van der Waals surface area contributed by atoms with E-state index >= 15 is 0 Å². The summed E-state index contributed by atoms with van der Waals surface area (Å²) in [6, 6.07) is 5.44. The highest BCUT2D eigenvalue weighted by Gasteiger charge is 2.15. The molecule has 0 radical (unpaired) electrons. The van der Waals surface area contributed by atoms with Crippen molar-refractivity contribution in [2.24, 2.45) is 0 Å². The highest BCUT2D eigenvalue weighted by Crippen LogP contribution is 2.20. The number of likely N-dealkylation sites (N-methyl/N-ethyl adjacent to an activating group) is 1. The molecule has 0 atom stereocenters. The molecule has 0 spiro atoms. The maximum atomic E-state index is 11.1. The largest absolute Gasteiger partial charge is 0.304 e. The number of carbonyl (C=O) groups excluding carboxylic acids is 1. The molecule has 0 unspecified atom stereocenters. The van der Waals surface area contributed by atoms with Gasteiger partial charge in [-0.05, 0) is 36.3 Å². The highest BCUT2D eigenvalue weighted by molar-refractivity contribution is 6.68. The zero-order valence-corrected chi connectivity index (χ0v) is 11.8. The molecule has 2 rings (SSSR count). The van der Waals surface area contributed by atoms with Gasteiger partial charge in [0, 0.05) is 32.7 Å². The maximum absolute atomic E-state index is 11.1. The van der Waals surface area contributed by atoms with Crippen LogP contribution in [0.25, 0.3) is 0 Å². The third kappa shape index (κ3) is 3.45. The first-order chi connectivity index (χ1) is 8.56. The number of halogens is 2. The van der Waals surface area contributed by atoms with Gasteiger partial charge in [0.15, 0.2) is 0 Å². The summed E-state index contributed by atoms with van der Waals surface area (Å²) >= 11 is 11.5. The molecule has 1 fully saturated rings. The van der Waals surface area contributed by atoms with Gasteiger partial charge in [-0.15, -0.1) is 0 Å². The minimum Gasteiger partial charge on any atom is -0.304 e. The first-order valence-corrected chi connectivity index (χ1v) is 6.71. The summed E-state index contributed by atoms with van der Waals surface area (Å²) in [6.45, 7) is 5.16. The van der Waals surface area contributed by atoms with Crippen molar-refractivity contribution in [3.8, 4) is 0 Å². The first kappa shape index (κ1) is 13.8. The van der Waals surface area contributed by atoms with Crippen LogP contribution in [0.15, 0.2) is 18.2 Å². The predicted molar refractivity (Wildman–Crippen MR) is 74.4 cm³/mol. The van der Waals surface area contributed by atoms with Crippen LogP contribution in [0, 0.1) is 0 Å². The van der Waals surface area contributed by atoms with Crippen molar-refractivity contribution in [3.63, 3.8) is 0 Å². The Morgan fingerprint density at radius 3 is 2.50 bits per heavy atom. The van der Waals surface area contributed by atoms with Crippen LogP contribution in [0.1, 0.15) is 15.9 Å². The van der Waals surface area contributed by atoms with Crippen molar-refractivity contribution in [3.05, 3.63) is 34.3 Å². The lowest BCUT2D eigenvalue weighted by Gasteiger charge is -2.32. The summed E-state index contributed by atoms with van der Waals surface area (Å²) in [7, 11) is 2.13. The van der Waals surface area contributed by atoms with Crippen LogP contribution in [0.3, 0.4) is 0 Å². The van der Waals surface area contributed by atoms with E-state index in [0.29, 0.717) is 10.6 Å². The molecular weight excluding hydrogens is 271 g/mol. The molecule has 1 aromatic carbocycles. The van der Waals surface area contributed by atoms with Crippen LogP contribution in [0.4, 0.5) is 0 Å². The van der Waals surface area contributed by atoms with E-state index in [-0.39, 0.29) is 0 Å². The number of hydrogen-bond acceptors (Lipinski definition) is 3. The molecule has 0 aliphatic carbocycles. The van der Waals surface area contributed by atoms with Gasteiger partial charge in [-0.25, -0.2) is 0 Å². The lowest BCUT2D eigenvalue weighted by atomic mass is 10.1. The van der Waals surface area contributed by atoms with Gasteiger partial charge < -0.3 is 4.90 Å². The molecule has 1 aliphatic rings. The van der Waals surface area contributed by atoms with E-state index in [1.54, 1.807) is 6.07 Å². The molecule has 1 saturated heterocycles. The van der Waals surface area contributed by atoms with E-state index in [1.807, 2.05) is 12.1 Å². The van der Waals surface area contributed by atoms with Crippen molar-refractivity contribution >= 4 is 28.4 Å². The zero-order chi connectivity index (χ0) is 13.1. The molecular formula is C13H16Cl2N2O. The van der Waals surface area contributed by atoms with Crippen LogP contribution in [0.2, 0.25) is 5.02 Å². The summed E-state index contributed by atoms with van der Waals surface area (Å²) in [4.78, 5) is 15.8. The monoisotopic (exact) mass is 286 g/mol. The maximum Gasteiger partial charge on any atom is 0.253 e. The number of piperazine rings is 1. The average Bonchev–Trinajstić information content (AvgIpc) is 2.32. The molecule has 0 aromatic heterocycles. The number of benzene rings is 1. The van der Waals surface area contributed by atoms with Gasteiger partial charge in [0.2, 0.25) is 0 Å². The molecule has 0 amide bonds. The Labute approximate surface area is 117 Å². The van der Waals surface area contributed by atoms with Crippen molar-refractivity contribution < 1.29 is 4.79 Å². The number of carbonyl (C=O) groups is 1. The van der Waals surface area contributed by atoms with E-state index in [1.165, 1.54) is 0 Å². The molecule has 98 valence electrons. The van der Waals surface area contributed by atoms with Crippen molar-refractivity contribution in [2.45, 2.75) is 6.54 Å². The Balaban J connectivity index is 2.02. The lowest BCUT2D eigenvalue weighted by molar-refractivity contribution is 0.108. The number of hydrogen-bond donors (Lipinski definition) is 0. The second-order valence-electron chi connectivity index (χ2n) is 4.67. The average molecular weight is 287 g/mol. The van der Waals surface area contributed by atoms with Crippen LogP contribution >= 0.6 is 23.2 Å². The van der Waals surface area contributed by atoms with Crippen molar-refractivity contribution in [1.29, 1.82) is 0 Å². The molecule has 1 aromatic rings. The van der Waals surface area contributed by atoms with E-state index in [0.717, 1.165) is 38.3 Å². The van der Waals surface area contributed by atoms with E-state index in [9.17, 15) is 4.79 Å². The highest BCUT2D eigenvalue weighted by atomic mass is 35.5. The quantitative estimate of drug-likeness (QED) is 0.798. The van der Waals surface area contributed by atoms with Crippen molar-refractivity contribution in [1.82, 2.24) is 9.80 Å². The van der Waals surface area contributed by atoms with Crippen LogP contribution in [0.5, 0.6) is 0 Å². The minimum atomic E-state index is -0.508. The zero-order valence-electron chi connectivity index (χ0n) is 10.3. The lowest BCUT2D eigenvalue weighted by Crippen LogP contribution is -2.43. The van der Waals surface area contributed by atoms with Gasteiger partial charge >= 0.3 is 0 Å². The van der Waals surface area contributed by atoms with Gasteiger partial charge in [0.25, 0.3) is 5.24 Å². The third-order valence-corrected chi connectivity index (χ3v) is 3.76. The topological polar surface area (TPSA) is 23.6 Å². The summed E-state index contributed by atoms with van der Waals surface area (Å²) < 4.78 is 0. The third-order valence-electron chi connectivity index (χ3n) is 3.25. The molecule has 1 aliphatic heterocycles. The van der Waals surface area contributed by atoms with E-state index < -0.39 is 5.24 Å². The molecule has 5 heteroatoms. The summed E-state index contributed by atoms with van der Waals surface area (Å²) in [5, 5.41) is -0.0761. The SMILES string of the molecule is CN1CCN(Cc2ccc(C(=O)Cl)c(Cl)c2)CC1. The van der Waals surface area contributed by atoms with Gasteiger partial charge in [0.1, 0.15) is 0 Å². The molecule has 0 N–H and O–H groups in total. The van der Waals surface area contributed by atoms with Crippen LogP contribution in [-0.2, 0) is 6.54 Å². The Morgan fingerprint density at radius 2 is 1.94 bits per heavy atom. The Bertz CT molecular complexity index is 443. The fourth-order valence-electron chi connectivity index (χ4n) is 2.08. The second kappa shape index (κ2) is 6.02. The van der Waals surface area contributed by atoms with Gasteiger partial charge in [0.05, 0.1) is 10.6 Å². The fraction of sp³-hybridized carbons (Fsp3) is 0.462. The molecule has 1 heterocycles. The number of rotatable bonds is 3. The second-order valence-corrected chi connectivity index (χ2v) is 5.42. The smallest absolute Gasteiger partial charge is 0.253 e. The fourth-order valence-corrected chi connectivity index (χ4v) is 2.58. The predicted octanol–water partition coefficient (Wildman–Crippen LogP) is 2.47. The number of nitrogens with zero attached hydrogens (tertiary/aromatic N) is 2.